The molecule has 1 N–H and O–H groups in total. The van der Waals surface area contributed by atoms with Crippen LogP contribution in [0.1, 0.15) is 36.0 Å². The first-order valence-electron chi connectivity index (χ1n) is 7.72. The average Bonchev–Trinajstić information content (AvgIpc) is 3.02. The van der Waals surface area contributed by atoms with E-state index in [4.69, 9.17) is 0 Å². The molecule has 1 heterocycles. The van der Waals surface area contributed by atoms with Crippen LogP contribution < -0.4 is 0 Å². The molecule has 3 heteroatoms. The summed E-state index contributed by atoms with van der Waals surface area (Å²) in [6.07, 6.45) is 3.61. The second-order valence-corrected chi connectivity index (χ2v) is 6.22. The Balaban J connectivity index is 1.42. The molecule has 3 atom stereocenters. The Morgan fingerprint density at radius 1 is 1.20 bits per heavy atom. The average molecular weight is 273 g/mol. The molecule has 2 aliphatic rings. The van der Waals surface area contributed by atoms with Gasteiger partial charge in [-0.3, -0.25) is 4.79 Å². The molecule has 0 amide bonds. The van der Waals surface area contributed by atoms with Crippen molar-refractivity contribution in [1.82, 2.24) is 4.90 Å². The second-order valence-electron chi connectivity index (χ2n) is 6.22. The largest absolute Gasteiger partial charge is 0.393 e. The highest BCUT2D eigenvalue weighted by molar-refractivity contribution is 5.95. The zero-order chi connectivity index (χ0) is 13.9. The van der Waals surface area contributed by atoms with Crippen LogP contribution in [0.4, 0.5) is 0 Å². The maximum absolute atomic E-state index is 12.0. The molecule has 0 bridgehead atoms. The van der Waals surface area contributed by atoms with Crippen molar-refractivity contribution in [3.8, 4) is 0 Å². The lowest BCUT2D eigenvalue weighted by Crippen LogP contribution is -2.26. The van der Waals surface area contributed by atoms with Gasteiger partial charge in [0.25, 0.3) is 0 Å². The van der Waals surface area contributed by atoms with Gasteiger partial charge in [0.1, 0.15) is 0 Å². The Kier molecular flexibility index (Phi) is 4.18. The Bertz CT molecular complexity index is 459. The third-order valence-corrected chi connectivity index (χ3v) is 4.87. The Morgan fingerprint density at radius 3 is 2.75 bits per heavy atom. The summed E-state index contributed by atoms with van der Waals surface area (Å²) in [4.78, 5) is 14.4. The van der Waals surface area contributed by atoms with Crippen LogP contribution in [0.15, 0.2) is 30.3 Å². The summed E-state index contributed by atoms with van der Waals surface area (Å²) in [6.45, 7) is 3.12. The fourth-order valence-corrected chi connectivity index (χ4v) is 3.74. The van der Waals surface area contributed by atoms with E-state index in [2.05, 4.69) is 4.90 Å². The van der Waals surface area contributed by atoms with Crippen LogP contribution >= 0.6 is 0 Å². The highest BCUT2D eigenvalue weighted by Gasteiger charge is 2.41. The molecule has 0 radical (unpaired) electrons. The van der Waals surface area contributed by atoms with Gasteiger partial charge >= 0.3 is 0 Å². The first-order chi connectivity index (χ1) is 9.74. The Labute approximate surface area is 120 Å². The van der Waals surface area contributed by atoms with Crippen molar-refractivity contribution < 1.29 is 9.90 Å². The van der Waals surface area contributed by atoms with Gasteiger partial charge in [0.2, 0.25) is 0 Å². The van der Waals surface area contributed by atoms with Crippen LogP contribution in [-0.4, -0.2) is 41.5 Å². The summed E-state index contributed by atoms with van der Waals surface area (Å²) in [6, 6.07) is 9.54. The molecular formula is C17H23NO2. The quantitative estimate of drug-likeness (QED) is 0.837. The molecule has 3 nitrogen and oxygen atoms in total. The van der Waals surface area contributed by atoms with Crippen molar-refractivity contribution in [2.75, 3.05) is 19.6 Å². The van der Waals surface area contributed by atoms with E-state index in [1.54, 1.807) is 0 Å². The number of fused-ring (bicyclic) bond motifs is 1. The van der Waals surface area contributed by atoms with Gasteiger partial charge in [-0.25, -0.2) is 0 Å². The van der Waals surface area contributed by atoms with Crippen molar-refractivity contribution in [2.24, 2.45) is 11.8 Å². The van der Waals surface area contributed by atoms with Crippen LogP contribution in [-0.2, 0) is 0 Å². The van der Waals surface area contributed by atoms with Crippen molar-refractivity contribution >= 4 is 5.78 Å². The monoisotopic (exact) mass is 273 g/mol. The maximum Gasteiger partial charge on any atom is 0.162 e. The number of hydrogen-bond acceptors (Lipinski definition) is 3. The van der Waals surface area contributed by atoms with Gasteiger partial charge in [-0.1, -0.05) is 30.3 Å². The van der Waals surface area contributed by atoms with Crippen LogP contribution in [0.2, 0.25) is 0 Å². The number of Topliss-reactive ketones (excluding diaryl/α,β-unsaturated/α-hetero) is 1. The lowest BCUT2D eigenvalue weighted by Gasteiger charge is -2.17. The summed E-state index contributed by atoms with van der Waals surface area (Å²) in [5.41, 5.74) is 0.821. The van der Waals surface area contributed by atoms with E-state index in [0.717, 1.165) is 38.0 Å². The number of nitrogens with zero attached hydrogens (tertiary/aromatic N) is 1. The molecule has 2 fully saturated rings. The van der Waals surface area contributed by atoms with Crippen molar-refractivity contribution in [2.45, 2.75) is 31.8 Å². The molecule has 108 valence electrons. The zero-order valence-electron chi connectivity index (χ0n) is 11.9. The fraction of sp³-hybridized carbons (Fsp3) is 0.588. The Morgan fingerprint density at radius 2 is 2.00 bits per heavy atom. The smallest absolute Gasteiger partial charge is 0.162 e. The van der Waals surface area contributed by atoms with Gasteiger partial charge in [-0.05, 0) is 31.7 Å². The summed E-state index contributed by atoms with van der Waals surface area (Å²) < 4.78 is 0. The van der Waals surface area contributed by atoms with Gasteiger partial charge in [0.15, 0.2) is 5.78 Å². The molecule has 1 aromatic carbocycles. The minimum Gasteiger partial charge on any atom is -0.393 e. The second kappa shape index (κ2) is 6.06. The van der Waals surface area contributed by atoms with E-state index in [1.807, 2.05) is 30.3 Å². The van der Waals surface area contributed by atoms with Crippen molar-refractivity contribution in [1.29, 1.82) is 0 Å². The van der Waals surface area contributed by atoms with Crippen LogP contribution in [0.3, 0.4) is 0 Å². The molecule has 1 aliphatic carbocycles. The number of carbonyl (C=O) groups excluding carboxylic acids is 1. The predicted molar refractivity (Wildman–Crippen MR) is 78.7 cm³/mol. The number of benzene rings is 1. The van der Waals surface area contributed by atoms with E-state index in [0.29, 0.717) is 18.3 Å². The number of rotatable bonds is 5. The fourth-order valence-electron chi connectivity index (χ4n) is 3.74. The van der Waals surface area contributed by atoms with Crippen molar-refractivity contribution in [3.05, 3.63) is 35.9 Å². The molecule has 1 aromatic rings. The highest BCUT2D eigenvalue weighted by atomic mass is 16.3. The minimum absolute atomic E-state index is 0.0871. The molecular weight excluding hydrogens is 250 g/mol. The van der Waals surface area contributed by atoms with Crippen LogP contribution in [0.5, 0.6) is 0 Å². The molecule has 3 rings (SSSR count). The first kappa shape index (κ1) is 13.8. The van der Waals surface area contributed by atoms with E-state index >= 15 is 0 Å². The van der Waals surface area contributed by atoms with Crippen LogP contribution in [0.25, 0.3) is 0 Å². The van der Waals surface area contributed by atoms with Crippen molar-refractivity contribution in [3.63, 3.8) is 0 Å². The van der Waals surface area contributed by atoms with Gasteiger partial charge in [0, 0.05) is 31.0 Å². The standard InChI is InChI=1S/C17H23NO2/c19-16(13-5-2-1-3-6-13)7-4-10-18-11-14-8-9-17(20)15(14)12-18/h1-3,5-6,14-15,17,20H,4,7-12H2. The topological polar surface area (TPSA) is 40.5 Å². The minimum atomic E-state index is -0.0871. The number of hydrogen-bond donors (Lipinski definition) is 1. The van der Waals surface area contributed by atoms with Gasteiger partial charge in [-0.2, -0.15) is 0 Å². The van der Waals surface area contributed by atoms with Gasteiger partial charge in [-0.15, -0.1) is 0 Å². The molecule has 20 heavy (non-hydrogen) atoms. The van der Waals surface area contributed by atoms with Crippen LogP contribution in [0, 0.1) is 11.8 Å². The molecule has 0 spiro atoms. The third-order valence-electron chi connectivity index (χ3n) is 4.87. The van der Waals surface area contributed by atoms with E-state index in [-0.39, 0.29) is 11.9 Å². The highest BCUT2D eigenvalue weighted by Crippen LogP contribution is 2.37. The van der Waals surface area contributed by atoms with Gasteiger partial charge in [0.05, 0.1) is 6.10 Å². The number of likely N-dealkylation sites (tertiary alicyclic amines) is 1. The summed E-state index contributed by atoms with van der Waals surface area (Å²) in [5, 5.41) is 9.90. The maximum atomic E-state index is 12.0. The number of carbonyl (C=O) groups is 1. The lowest BCUT2D eigenvalue weighted by molar-refractivity contribution is 0.0972. The number of aliphatic hydroxyl groups excluding tert-OH is 1. The molecule has 1 saturated heterocycles. The summed E-state index contributed by atoms with van der Waals surface area (Å²) in [5.74, 6) is 1.42. The third kappa shape index (κ3) is 2.94. The first-order valence-corrected chi connectivity index (χ1v) is 7.72. The number of aliphatic hydroxyl groups is 1. The summed E-state index contributed by atoms with van der Waals surface area (Å²) >= 11 is 0. The zero-order valence-corrected chi connectivity index (χ0v) is 11.9. The number of ketones is 1. The predicted octanol–water partition coefficient (Wildman–Crippen LogP) is 2.35. The van der Waals surface area contributed by atoms with Gasteiger partial charge < -0.3 is 10.0 Å². The van der Waals surface area contributed by atoms with E-state index < -0.39 is 0 Å². The molecule has 1 saturated carbocycles. The Hall–Kier alpha value is -1.19. The molecule has 3 unspecified atom stereocenters. The molecule has 1 aliphatic heterocycles. The SMILES string of the molecule is O=C(CCCN1CC2CCC(O)C2C1)c1ccccc1. The van der Waals surface area contributed by atoms with E-state index in [9.17, 15) is 9.90 Å². The van der Waals surface area contributed by atoms with E-state index in [1.165, 1.54) is 6.42 Å². The lowest BCUT2D eigenvalue weighted by atomic mass is 10.00. The molecule has 0 aromatic heterocycles. The summed E-state index contributed by atoms with van der Waals surface area (Å²) in [7, 11) is 0. The normalized spacial score (nSPS) is 29.6.